The molecule has 0 spiro atoms. The summed E-state index contributed by atoms with van der Waals surface area (Å²) in [5.74, 6) is -0.129. The van der Waals surface area contributed by atoms with Crippen LogP contribution in [0.1, 0.15) is 26.3 Å². The monoisotopic (exact) mass is 343 g/mol. The Morgan fingerprint density at radius 3 is 2.48 bits per heavy atom. The van der Waals surface area contributed by atoms with Crippen molar-refractivity contribution in [3.8, 4) is 5.75 Å². The molecule has 132 valence electrons. The van der Waals surface area contributed by atoms with Crippen LogP contribution in [0, 0.1) is 6.92 Å². The summed E-state index contributed by atoms with van der Waals surface area (Å²) in [5, 5.41) is 5.47. The van der Waals surface area contributed by atoms with Crippen LogP contribution in [0.4, 0.5) is 5.69 Å². The summed E-state index contributed by atoms with van der Waals surface area (Å²) in [7, 11) is 3.09. The van der Waals surface area contributed by atoms with Crippen LogP contribution in [0.5, 0.6) is 5.75 Å². The number of aryl methyl sites for hydroxylation is 1. The van der Waals surface area contributed by atoms with Gasteiger partial charge in [0.15, 0.2) is 0 Å². The summed E-state index contributed by atoms with van der Waals surface area (Å²) in [6, 6.07) is 6.97. The van der Waals surface area contributed by atoms with E-state index in [0.717, 1.165) is 5.56 Å². The minimum atomic E-state index is -0.372. The van der Waals surface area contributed by atoms with Gasteiger partial charge in [0.1, 0.15) is 5.75 Å². The van der Waals surface area contributed by atoms with Crippen molar-refractivity contribution in [3.63, 3.8) is 0 Å². The van der Waals surface area contributed by atoms with Crippen molar-refractivity contribution >= 4 is 17.5 Å². The number of hydrogen-bond donors (Lipinski definition) is 2. The highest BCUT2D eigenvalue weighted by Crippen LogP contribution is 2.25. The number of carbonyl (C=O) groups excluding carboxylic acids is 2. The highest BCUT2D eigenvalue weighted by atomic mass is 16.5. The number of nitrogens with zero attached hydrogens (tertiary/aromatic N) is 1. The first kappa shape index (κ1) is 18.4. The SMILES string of the molecule is COCCNC(=O)c1cncc(C(=O)Nc2cc(C)ccc2OC)c1. The molecule has 0 aliphatic heterocycles. The van der Waals surface area contributed by atoms with E-state index in [1.54, 1.807) is 13.2 Å². The fourth-order valence-electron chi connectivity index (χ4n) is 2.17. The average Bonchev–Trinajstić information content (AvgIpc) is 2.62. The van der Waals surface area contributed by atoms with Gasteiger partial charge in [-0.1, -0.05) is 6.07 Å². The normalized spacial score (nSPS) is 10.2. The van der Waals surface area contributed by atoms with E-state index in [4.69, 9.17) is 9.47 Å². The average molecular weight is 343 g/mol. The molecule has 0 bridgehead atoms. The Balaban J connectivity index is 2.13. The number of anilines is 1. The second kappa shape index (κ2) is 8.79. The summed E-state index contributed by atoms with van der Waals surface area (Å²) in [6.45, 7) is 2.71. The number of pyridine rings is 1. The van der Waals surface area contributed by atoms with Gasteiger partial charge < -0.3 is 20.1 Å². The van der Waals surface area contributed by atoms with Crippen molar-refractivity contribution in [2.24, 2.45) is 0 Å². The molecule has 1 aromatic carbocycles. The molecule has 0 saturated heterocycles. The highest BCUT2D eigenvalue weighted by molar-refractivity contribution is 6.06. The Hall–Kier alpha value is -2.93. The summed E-state index contributed by atoms with van der Waals surface area (Å²) in [6.07, 6.45) is 2.82. The molecule has 7 heteroatoms. The molecule has 0 saturated carbocycles. The number of aromatic nitrogens is 1. The van der Waals surface area contributed by atoms with Crippen LogP contribution in [0.2, 0.25) is 0 Å². The van der Waals surface area contributed by atoms with Crippen molar-refractivity contribution in [2.45, 2.75) is 6.92 Å². The Kier molecular flexibility index (Phi) is 6.47. The van der Waals surface area contributed by atoms with E-state index in [-0.39, 0.29) is 17.4 Å². The molecule has 1 aromatic heterocycles. The zero-order valence-corrected chi connectivity index (χ0v) is 14.5. The van der Waals surface area contributed by atoms with Gasteiger partial charge in [0, 0.05) is 26.0 Å². The zero-order chi connectivity index (χ0) is 18.2. The van der Waals surface area contributed by atoms with E-state index in [1.165, 1.54) is 25.6 Å². The third kappa shape index (κ3) is 5.02. The van der Waals surface area contributed by atoms with Crippen molar-refractivity contribution in [1.29, 1.82) is 0 Å². The largest absolute Gasteiger partial charge is 0.495 e. The smallest absolute Gasteiger partial charge is 0.257 e. The van der Waals surface area contributed by atoms with E-state index in [2.05, 4.69) is 15.6 Å². The molecule has 0 unspecified atom stereocenters. The molecular formula is C18H21N3O4. The van der Waals surface area contributed by atoms with Crippen LogP contribution in [-0.4, -0.2) is 44.2 Å². The molecule has 2 N–H and O–H groups in total. The van der Waals surface area contributed by atoms with E-state index in [1.807, 2.05) is 19.1 Å². The molecule has 7 nitrogen and oxygen atoms in total. The lowest BCUT2D eigenvalue weighted by molar-refractivity contribution is 0.0936. The third-order valence-electron chi connectivity index (χ3n) is 3.46. The van der Waals surface area contributed by atoms with E-state index < -0.39 is 0 Å². The Labute approximate surface area is 146 Å². The van der Waals surface area contributed by atoms with Crippen molar-refractivity contribution in [2.75, 3.05) is 32.7 Å². The molecule has 2 rings (SSSR count). The molecule has 1 heterocycles. The topological polar surface area (TPSA) is 89.5 Å². The van der Waals surface area contributed by atoms with Crippen molar-refractivity contribution in [3.05, 3.63) is 53.3 Å². The highest BCUT2D eigenvalue weighted by Gasteiger charge is 2.13. The van der Waals surface area contributed by atoms with Gasteiger partial charge in [-0.2, -0.15) is 0 Å². The second-order valence-electron chi connectivity index (χ2n) is 5.37. The minimum Gasteiger partial charge on any atom is -0.495 e. The van der Waals surface area contributed by atoms with Gasteiger partial charge in [-0.3, -0.25) is 14.6 Å². The number of nitrogens with one attached hydrogen (secondary N) is 2. The molecule has 0 radical (unpaired) electrons. The third-order valence-corrected chi connectivity index (χ3v) is 3.46. The first-order valence-corrected chi connectivity index (χ1v) is 7.73. The van der Waals surface area contributed by atoms with Crippen molar-refractivity contribution < 1.29 is 19.1 Å². The van der Waals surface area contributed by atoms with Gasteiger partial charge in [-0.15, -0.1) is 0 Å². The predicted molar refractivity (Wildman–Crippen MR) is 94.1 cm³/mol. The Morgan fingerprint density at radius 1 is 1.08 bits per heavy atom. The maximum atomic E-state index is 12.5. The van der Waals surface area contributed by atoms with E-state index in [9.17, 15) is 9.59 Å². The number of rotatable bonds is 7. The molecule has 2 aromatic rings. The predicted octanol–water partition coefficient (Wildman–Crippen LogP) is 2.03. The van der Waals surface area contributed by atoms with Crippen LogP contribution in [0.3, 0.4) is 0 Å². The van der Waals surface area contributed by atoms with Crippen LogP contribution in [0.25, 0.3) is 0 Å². The zero-order valence-electron chi connectivity index (χ0n) is 14.5. The number of hydrogen-bond acceptors (Lipinski definition) is 5. The molecule has 0 fully saturated rings. The lowest BCUT2D eigenvalue weighted by Gasteiger charge is -2.11. The van der Waals surface area contributed by atoms with Gasteiger partial charge in [0.25, 0.3) is 11.8 Å². The fourth-order valence-corrected chi connectivity index (χ4v) is 2.17. The van der Waals surface area contributed by atoms with Gasteiger partial charge in [0.2, 0.25) is 0 Å². The maximum Gasteiger partial charge on any atom is 0.257 e. The van der Waals surface area contributed by atoms with Gasteiger partial charge in [-0.05, 0) is 30.7 Å². The molecule has 0 aliphatic rings. The van der Waals surface area contributed by atoms with E-state index in [0.29, 0.717) is 30.2 Å². The van der Waals surface area contributed by atoms with Gasteiger partial charge in [-0.25, -0.2) is 0 Å². The maximum absolute atomic E-state index is 12.5. The first-order chi connectivity index (χ1) is 12.0. The Bertz CT molecular complexity index is 762. The summed E-state index contributed by atoms with van der Waals surface area (Å²) < 4.78 is 10.1. The molecule has 2 amide bonds. The van der Waals surface area contributed by atoms with Crippen molar-refractivity contribution in [1.82, 2.24) is 10.3 Å². The number of ether oxygens (including phenoxy) is 2. The van der Waals surface area contributed by atoms with Crippen LogP contribution in [-0.2, 0) is 4.74 Å². The Morgan fingerprint density at radius 2 is 1.80 bits per heavy atom. The summed E-state index contributed by atoms with van der Waals surface area (Å²) >= 11 is 0. The number of carbonyl (C=O) groups is 2. The number of benzene rings is 1. The molecular weight excluding hydrogens is 322 g/mol. The standard InChI is InChI=1S/C18H21N3O4/c1-12-4-5-16(25-3)15(8-12)21-18(23)14-9-13(10-19-11-14)17(22)20-6-7-24-2/h4-5,8-11H,6-7H2,1-3H3,(H,20,22)(H,21,23). The summed E-state index contributed by atoms with van der Waals surface area (Å²) in [4.78, 5) is 28.5. The van der Waals surface area contributed by atoms with Crippen LogP contribution < -0.4 is 15.4 Å². The first-order valence-electron chi connectivity index (χ1n) is 7.73. The van der Waals surface area contributed by atoms with Gasteiger partial charge in [0.05, 0.1) is 30.5 Å². The molecule has 25 heavy (non-hydrogen) atoms. The number of methoxy groups -OCH3 is 2. The number of amides is 2. The molecule has 0 aliphatic carbocycles. The summed E-state index contributed by atoms with van der Waals surface area (Å²) in [5.41, 5.74) is 2.13. The van der Waals surface area contributed by atoms with Crippen LogP contribution >= 0.6 is 0 Å². The minimum absolute atomic E-state index is 0.281. The van der Waals surface area contributed by atoms with E-state index >= 15 is 0 Å². The second-order valence-corrected chi connectivity index (χ2v) is 5.37. The lowest BCUT2D eigenvalue weighted by atomic mass is 10.1. The molecule has 0 atom stereocenters. The quantitative estimate of drug-likeness (QED) is 0.751. The van der Waals surface area contributed by atoms with Gasteiger partial charge >= 0.3 is 0 Å². The van der Waals surface area contributed by atoms with Crippen LogP contribution in [0.15, 0.2) is 36.7 Å². The lowest BCUT2D eigenvalue weighted by Crippen LogP contribution is -2.27. The fraction of sp³-hybridized carbons (Fsp3) is 0.278.